The summed E-state index contributed by atoms with van der Waals surface area (Å²) in [5.41, 5.74) is 3.10. The van der Waals surface area contributed by atoms with E-state index in [-0.39, 0.29) is 11.7 Å². The van der Waals surface area contributed by atoms with E-state index in [0.29, 0.717) is 37.4 Å². The van der Waals surface area contributed by atoms with Crippen LogP contribution >= 0.6 is 0 Å². The molecule has 3 aromatic rings. The van der Waals surface area contributed by atoms with Crippen LogP contribution in [0, 0.1) is 5.82 Å². The van der Waals surface area contributed by atoms with Crippen LogP contribution < -0.4 is 4.74 Å². The zero-order valence-electron chi connectivity index (χ0n) is 14.9. The van der Waals surface area contributed by atoms with Crippen LogP contribution in [-0.4, -0.2) is 29.1 Å². The van der Waals surface area contributed by atoms with Crippen LogP contribution in [0.5, 0.6) is 5.75 Å². The van der Waals surface area contributed by atoms with Gasteiger partial charge >= 0.3 is 0 Å². The second kappa shape index (κ2) is 7.23. The van der Waals surface area contributed by atoms with Gasteiger partial charge in [0.25, 0.3) is 5.91 Å². The van der Waals surface area contributed by atoms with E-state index in [4.69, 9.17) is 9.26 Å². The molecular formula is C21H19FN2O3. The van der Waals surface area contributed by atoms with Crippen molar-refractivity contribution in [2.75, 3.05) is 13.2 Å². The minimum atomic E-state index is -0.306. The largest absolute Gasteiger partial charge is 0.494 e. The number of hydrogen-bond acceptors (Lipinski definition) is 4. The second-order valence-corrected chi connectivity index (χ2v) is 6.38. The van der Waals surface area contributed by atoms with Crippen LogP contribution in [0.3, 0.4) is 0 Å². The van der Waals surface area contributed by atoms with Gasteiger partial charge in [0.05, 0.1) is 18.8 Å². The summed E-state index contributed by atoms with van der Waals surface area (Å²) in [6.45, 7) is 3.50. The minimum Gasteiger partial charge on any atom is -0.494 e. The van der Waals surface area contributed by atoms with Gasteiger partial charge in [-0.1, -0.05) is 5.16 Å². The summed E-state index contributed by atoms with van der Waals surface area (Å²) in [7, 11) is 0. The van der Waals surface area contributed by atoms with Gasteiger partial charge in [-0.05, 0) is 55.5 Å². The summed E-state index contributed by atoms with van der Waals surface area (Å²) in [4.78, 5) is 14.7. The van der Waals surface area contributed by atoms with Crippen molar-refractivity contribution in [2.45, 2.75) is 19.9 Å². The Hall–Kier alpha value is -3.15. The molecule has 4 rings (SSSR count). The fraction of sp³-hybridized carbons (Fsp3) is 0.238. The number of benzene rings is 2. The van der Waals surface area contributed by atoms with E-state index in [2.05, 4.69) is 5.16 Å². The zero-order chi connectivity index (χ0) is 18.8. The van der Waals surface area contributed by atoms with Gasteiger partial charge in [-0.15, -0.1) is 0 Å². The van der Waals surface area contributed by atoms with Crippen LogP contribution in [0.15, 0.2) is 53.1 Å². The molecule has 0 atom stereocenters. The van der Waals surface area contributed by atoms with Gasteiger partial charge in [-0.25, -0.2) is 4.39 Å². The van der Waals surface area contributed by atoms with Crippen molar-refractivity contribution < 1.29 is 18.4 Å². The summed E-state index contributed by atoms with van der Waals surface area (Å²) in [6.07, 6.45) is 0.628. The van der Waals surface area contributed by atoms with Crippen molar-refractivity contribution in [2.24, 2.45) is 0 Å². The topological polar surface area (TPSA) is 55.6 Å². The molecule has 0 unspecified atom stereocenters. The molecule has 1 aromatic heterocycles. The third kappa shape index (κ3) is 3.43. The monoisotopic (exact) mass is 366 g/mol. The Balaban J connectivity index is 1.56. The molecule has 0 bridgehead atoms. The molecule has 0 spiro atoms. The molecule has 0 N–H and O–H groups in total. The maximum atomic E-state index is 13.2. The molecule has 27 heavy (non-hydrogen) atoms. The molecule has 0 saturated heterocycles. The second-order valence-electron chi connectivity index (χ2n) is 6.38. The average molecular weight is 366 g/mol. The van der Waals surface area contributed by atoms with Gasteiger partial charge in [-0.2, -0.15) is 0 Å². The first-order valence-electron chi connectivity index (χ1n) is 8.91. The van der Waals surface area contributed by atoms with E-state index in [0.717, 1.165) is 22.6 Å². The van der Waals surface area contributed by atoms with Crippen LogP contribution in [0.25, 0.3) is 11.3 Å². The molecule has 2 heterocycles. The van der Waals surface area contributed by atoms with Crippen LogP contribution in [-0.2, 0) is 13.0 Å². The molecule has 2 aromatic carbocycles. The summed E-state index contributed by atoms with van der Waals surface area (Å²) >= 11 is 0. The highest BCUT2D eigenvalue weighted by molar-refractivity contribution is 5.94. The molecule has 0 radical (unpaired) electrons. The number of carbonyl (C=O) groups is 1. The third-order valence-electron chi connectivity index (χ3n) is 4.64. The highest BCUT2D eigenvalue weighted by Gasteiger charge is 2.28. The summed E-state index contributed by atoms with van der Waals surface area (Å²) in [5.74, 6) is 0.983. The maximum Gasteiger partial charge on any atom is 0.254 e. The van der Waals surface area contributed by atoms with Gasteiger partial charge in [0.2, 0.25) is 0 Å². The Morgan fingerprint density at radius 1 is 1.19 bits per heavy atom. The highest BCUT2D eigenvalue weighted by atomic mass is 19.1. The summed E-state index contributed by atoms with van der Waals surface area (Å²) in [5, 5.41) is 4.13. The number of nitrogens with zero attached hydrogens (tertiary/aromatic N) is 2. The van der Waals surface area contributed by atoms with E-state index in [1.807, 2.05) is 6.92 Å². The van der Waals surface area contributed by atoms with Crippen molar-refractivity contribution in [3.63, 3.8) is 0 Å². The van der Waals surface area contributed by atoms with Gasteiger partial charge < -0.3 is 14.2 Å². The number of carbonyl (C=O) groups excluding carboxylic acids is 1. The molecule has 138 valence electrons. The van der Waals surface area contributed by atoms with Gasteiger partial charge in [0.15, 0.2) is 5.76 Å². The molecule has 1 aliphatic heterocycles. The molecule has 5 nitrogen and oxygen atoms in total. The van der Waals surface area contributed by atoms with E-state index < -0.39 is 0 Å². The SMILES string of the molecule is CCOc1ccc(C(=O)N2CCc3noc(-c4ccc(F)cc4)c3C2)cc1. The third-order valence-corrected chi connectivity index (χ3v) is 4.64. The lowest BCUT2D eigenvalue weighted by Crippen LogP contribution is -2.35. The number of hydrogen-bond donors (Lipinski definition) is 0. The average Bonchev–Trinajstić information content (AvgIpc) is 3.12. The molecule has 6 heteroatoms. The minimum absolute atomic E-state index is 0.0463. The Morgan fingerprint density at radius 2 is 1.93 bits per heavy atom. The van der Waals surface area contributed by atoms with Crippen LogP contribution in [0.2, 0.25) is 0 Å². The standard InChI is InChI=1S/C21H19FN2O3/c1-2-26-17-9-5-15(6-10-17)21(25)24-12-11-19-18(13-24)20(27-23-19)14-3-7-16(22)8-4-14/h3-10H,2,11-13H2,1H3. The summed E-state index contributed by atoms with van der Waals surface area (Å²) in [6, 6.07) is 13.2. The van der Waals surface area contributed by atoms with Gasteiger partial charge in [0, 0.05) is 29.7 Å². The normalized spacial score (nSPS) is 13.3. The first-order chi connectivity index (χ1) is 13.2. The highest BCUT2D eigenvalue weighted by Crippen LogP contribution is 2.31. The Bertz CT molecular complexity index is 949. The predicted molar refractivity (Wildman–Crippen MR) is 98.0 cm³/mol. The Morgan fingerprint density at radius 3 is 2.63 bits per heavy atom. The quantitative estimate of drug-likeness (QED) is 0.698. The van der Waals surface area contributed by atoms with Crippen LogP contribution in [0.4, 0.5) is 4.39 Å². The number of halogens is 1. The van der Waals surface area contributed by atoms with E-state index in [9.17, 15) is 9.18 Å². The maximum absolute atomic E-state index is 13.2. The van der Waals surface area contributed by atoms with Gasteiger partial charge in [0.1, 0.15) is 11.6 Å². The molecule has 1 amide bonds. The summed E-state index contributed by atoms with van der Waals surface area (Å²) < 4.78 is 24.1. The van der Waals surface area contributed by atoms with Crippen molar-refractivity contribution >= 4 is 5.91 Å². The number of fused-ring (bicyclic) bond motifs is 1. The molecule has 0 fully saturated rings. The lowest BCUT2D eigenvalue weighted by Gasteiger charge is -2.26. The lowest BCUT2D eigenvalue weighted by atomic mass is 10.0. The smallest absolute Gasteiger partial charge is 0.254 e. The number of aromatic nitrogens is 1. The van der Waals surface area contributed by atoms with E-state index in [1.165, 1.54) is 12.1 Å². The Labute approximate surface area is 156 Å². The van der Waals surface area contributed by atoms with Crippen LogP contribution in [0.1, 0.15) is 28.5 Å². The number of amides is 1. The first-order valence-corrected chi connectivity index (χ1v) is 8.91. The number of ether oxygens (including phenoxy) is 1. The van der Waals surface area contributed by atoms with Crippen molar-refractivity contribution in [3.05, 3.63) is 71.2 Å². The van der Waals surface area contributed by atoms with Crippen molar-refractivity contribution in [3.8, 4) is 17.1 Å². The van der Waals surface area contributed by atoms with E-state index in [1.54, 1.807) is 41.3 Å². The Kier molecular flexibility index (Phi) is 4.62. The predicted octanol–water partition coefficient (Wildman–Crippen LogP) is 4.08. The lowest BCUT2D eigenvalue weighted by molar-refractivity contribution is 0.0734. The van der Waals surface area contributed by atoms with Gasteiger partial charge in [-0.3, -0.25) is 4.79 Å². The number of rotatable bonds is 4. The molecule has 0 aliphatic carbocycles. The molecule has 0 saturated carbocycles. The van der Waals surface area contributed by atoms with Crippen molar-refractivity contribution in [1.82, 2.24) is 10.1 Å². The zero-order valence-corrected chi connectivity index (χ0v) is 14.9. The van der Waals surface area contributed by atoms with Crippen molar-refractivity contribution in [1.29, 1.82) is 0 Å². The fourth-order valence-electron chi connectivity index (χ4n) is 3.26. The molecule has 1 aliphatic rings. The fourth-order valence-corrected chi connectivity index (χ4v) is 3.26. The molecular weight excluding hydrogens is 347 g/mol. The first kappa shape index (κ1) is 17.3. The van der Waals surface area contributed by atoms with E-state index >= 15 is 0 Å².